The molecule has 0 aliphatic carbocycles. The molecule has 6 nitrogen and oxygen atoms in total. The summed E-state index contributed by atoms with van der Waals surface area (Å²) >= 11 is 0. The van der Waals surface area contributed by atoms with E-state index < -0.39 is 0 Å². The van der Waals surface area contributed by atoms with E-state index in [0.29, 0.717) is 39.3 Å². The Hall–Kier alpha value is -3.46. The van der Waals surface area contributed by atoms with Gasteiger partial charge in [-0.15, -0.1) is 0 Å². The molecule has 3 aromatic rings. The number of methoxy groups -OCH3 is 2. The molecule has 0 radical (unpaired) electrons. The maximum absolute atomic E-state index is 10.2. The Kier molecular flexibility index (Phi) is 4.31. The van der Waals surface area contributed by atoms with E-state index in [1.54, 1.807) is 38.5 Å². The molecule has 0 amide bonds. The number of benzene rings is 2. The standard InChI is InChI=1S/C19H17N3O3/c1-11-5-4-6-15(23)18(11)22-19-12(9-20)10-21-14-8-17(25-3)16(24-2)7-13(14)19/h4-8,10,23H,1-3H3,(H,21,22). The van der Waals surface area contributed by atoms with E-state index in [1.165, 1.54) is 6.20 Å². The fourth-order valence-corrected chi connectivity index (χ4v) is 2.68. The summed E-state index contributed by atoms with van der Waals surface area (Å²) in [4.78, 5) is 4.32. The van der Waals surface area contributed by atoms with Gasteiger partial charge in [-0.25, -0.2) is 0 Å². The fourth-order valence-electron chi connectivity index (χ4n) is 2.68. The summed E-state index contributed by atoms with van der Waals surface area (Å²) < 4.78 is 10.7. The van der Waals surface area contributed by atoms with Crippen molar-refractivity contribution in [3.05, 3.63) is 47.7 Å². The monoisotopic (exact) mass is 335 g/mol. The highest BCUT2D eigenvalue weighted by Gasteiger charge is 2.15. The Balaban J connectivity index is 2.27. The summed E-state index contributed by atoms with van der Waals surface area (Å²) in [6.07, 6.45) is 1.49. The van der Waals surface area contributed by atoms with Crippen molar-refractivity contribution in [2.24, 2.45) is 0 Å². The smallest absolute Gasteiger partial charge is 0.162 e. The van der Waals surface area contributed by atoms with Crippen molar-refractivity contribution in [3.63, 3.8) is 0 Å². The van der Waals surface area contributed by atoms with Gasteiger partial charge in [0.05, 0.1) is 36.7 Å². The molecule has 0 bridgehead atoms. The van der Waals surface area contributed by atoms with E-state index in [9.17, 15) is 10.4 Å². The van der Waals surface area contributed by atoms with E-state index in [0.717, 1.165) is 5.56 Å². The van der Waals surface area contributed by atoms with Gasteiger partial charge in [0.25, 0.3) is 0 Å². The van der Waals surface area contributed by atoms with E-state index in [2.05, 4.69) is 16.4 Å². The van der Waals surface area contributed by atoms with Gasteiger partial charge in [0.1, 0.15) is 11.8 Å². The predicted molar refractivity (Wildman–Crippen MR) is 95.7 cm³/mol. The van der Waals surface area contributed by atoms with Crippen molar-refractivity contribution >= 4 is 22.3 Å². The zero-order valence-corrected chi connectivity index (χ0v) is 14.1. The molecule has 6 heteroatoms. The topological polar surface area (TPSA) is 87.4 Å². The maximum Gasteiger partial charge on any atom is 0.162 e. The summed E-state index contributed by atoms with van der Waals surface area (Å²) in [7, 11) is 3.10. The zero-order chi connectivity index (χ0) is 18.0. The first kappa shape index (κ1) is 16.4. The third kappa shape index (κ3) is 2.88. The van der Waals surface area contributed by atoms with Crippen molar-refractivity contribution in [2.45, 2.75) is 6.92 Å². The average Bonchev–Trinajstić information content (AvgIpc) is 2.63. The number of pyridine rings is 1. The molecular formula is C19H17N3O3. The van der Waals surface area contributed by atoms with Crippen LogP contribution in [0, 0.1) is 18.3 Å². The molecule has 126 valence electrons. The van der Waals surface area contributed by atoms with Crippen LogP contribution in [0.15, 0.2) is 36.5 Å². The molecule has 0 aliphatic rings. The first-order chi connectivity index (χ1) is 12.1. The van der Waals surface area contributed by atoms with E-state index in [4.69, 9.17) is 9.47 Å². The Morgan fingerprint density at radius 1 is 1.12 bits per heavy atom. The normalized spacial score (nSPS) is 10.3. The number of nitriles is 1. The Morgan fingerprint density at radius 3 is 2.48 bits per heavy atom. The highest BCUT2D eigenvalue weighted by Crippen LogP contribution is 2.38. The lowest BCUT2D eigenvalue weighted by molar-refractivity contribution is 0.356. The van der Waals surface area contributed by atoms with Crippen LogP contribution in [0.25, 0.3) is 10.9 Å². The summed E-state index contributed by atoms with van der Waals surface area (Å²) in [5, 5.41) is 23.5. The molecule has 0 unspecified atom stereocenters. The molecule has 0 atom stereocenters. The number of hydrogen-bond acceptors (Lipinski definition) is 6. The van der Waals surface area contributed by atoms with Gasteiger partial charge >= 0.3 is 0 Å². The third-order valence-electron chi connectivity index (χ3n) is 3.99. The average molecular weight is 335 g/mol. The van der Waals surface area contributed by atoms with Gasteiger partial charge in [0.15, 0.2) is 11.5 Å². The van der Waals surface area contributed by atoms with Crippen LogP contribution in [0.1, 0.15) is 11.1 Å². The summed E-state index contributed by atoms with van der Waals surface area (Å²) in [5.74, 6) is 1.19. The van der Waals surface area contributed by atoms with E-state index in [1.807, 2.05) is 13.0 Å². The van der Waals surface area contributed by atoms with Crippen LogP contribution in [0.5, 0.6) is 17.2 Å². The second-order valence-corrected chi connectivity index (χ2v) is 5.48. The lowest BCUT2D eigenvalue weighted by Gasteiger charge is -2.16. The molecular weight excluding hydrogens is 318 g/mol. The number of aromatic hydroxyl groups is 1. The molecule has 1 aromatic heterocycles. The van der Waals surface area contributed by atoms with Gasteiger partial charge in [0.2, 0.25) is 0 Å². The van der Waals surface area contributed by atoms with Crippen molar-refractivity contribution in [2.75, 3.05) is 19.5 Å². The van der Waals surface area contributed by atoms with Gasteiger partial charge < -0.3 is 19.9 Å². The largest absolute Gasteiger partial charge is 0.506 e. The van der Waals surface area contributed by atoms with Crippen molar-refractivity contribution in [1.29, 1.82) is 5.26 Å². The molecule has 0 aliphatic heterocycles. The molecule has 3 rings (SSSR count). The molecule has 0 saturated heterocycles. The third-order valence-corrected chi connectivity index (χ3v) is 3.99. The number of anilines is 2. The van der Waals surface area contributed by atoms with Gasteiger partial charge in [-0.1, -0.05) is 12.1 Å². The number of phenolic OH excluding ortho intramolecular Hbond substituents is 1. The van der Waals surface area contributed by atoms with Crippen molar-refractivity contribution in [1.82, 2.24) is 4.98 Å². The van der Waals surface area contributed by atoms with Crippen LogP contribution < -0.4 is 14.8 Å². The van der Waals surface area contributed by atoms with Crippen LogP contribution in [-0.2, 0) is 0 Å². The number of aryl methyl sites for hydroxylation is 1. The highest BCUT2D eigenvalue weighted by atomic mass is 16.5. The Bertz CT molecular complexity index is 973. The second-order valence-electron chi connectivity index (χ2n) is 5.48. The number of nitrogens with zero attached hydrogens (tertiary/aromatic N) is 2. The predicted octanol–water partition coefficient (Wildman–Crippen LogP) is 3.88. The molecule has 0 spiro atoms. The van der Waals surface area contributed by atoms with Crippen LogP contribution in [0.2, 0.25) is 0 Å². The van der Waals surface area contributed by atoms with Gasteiger partial charge in [-0.3, -0.25) is 4.98 Å². The summed E-state index contributed by atoms with van der Waals surface area (Å²) in [6.45, 7) is 1.88. The van der Waals surface area contributed by atoms with Crippen LogP contribution in [0.4, 0.5) is 11.4 Å². The Labute approximate surface area is 145 Å². The molecule has 1 heterocycles. The van der Waals surface area contributed by atoms with Crippen LogP contribution in [-0.4, -0.2) is 24.3 Å². The minimum Gasteiger partial charge on any atom is -0.506 e. The number of rotatable bonds is 4. The quantitative estimate of drug-likeness (QED) is 0.704. The number of nitrogens with one attached hydrogen (secondary N) is 1. The maximum atomic E-state index is 10.2. The summed E-state index contributed by atoms with van der Waals surface area (Å²) in [5.41, 5.74) is 2.96. The van der Waals surface area contributed by atoms with Gasteiger partial charge in [-0.05, 0) is 24.6 Å². The number of ether oxygens (including phenoxy) is 2. The molecule has 2 N–H and O–H groups in total. The first-order valence-electron chi connectivity index (χ1n) is 7.59. The van der Waals surface area contributed by atoms with Crippen molar-refractivity contribution < 1.29 is 14.6 Å². The van der Waals surface area contributed by atoms with Gasteiger partial charge in [-0.2, -0.15) is 5.26 Å². The van der Waals surface area contributed by atoms with Crippen molar-refractivity contribution in [3.8, 4) is 23.3 Å². The number of para-hydroxylation sites is 1. The van der Waals surface area contributed by atoms with Crippen LogP contribution >= 0.6 is 0 Å². The molecule has 0 saturated carbocycles. The Morgan fingerprint density at radius 2 is 1.84 bits per heavy atom. The van der Waals surface area contributed by atoms with Crippen LogP contribution in [0.3, 0.4) is 0 Å². The van der Waals surface area contributed by atoms with Gasteiger partial charge in [0, 0.05) is 17.6 Å². The minimum absolute atomic E-state index is 0.106. The number of phenols is 1. The number of hydrogen-bond donors (Lipinski definition) is 2. The summed E-state index contributed by atoms with van der Waals surface area (Å²) in [6, 6.07) is 10.9. The minimum atomic E-state index is 0.106. The van der Waals surface area contributed by atoms with E-state index in [-0.39, 0.29) is 5.75 Å². The second kappa shape index (κ2) is 6.57. The highest BCUT2D eigenvalue weighted by molar-refractivity contribution is 5.98. The molecule has 0 fully saturated rings. The van der Waals surface area contributed by atoms with E-state index >= 15 is 0 Å². The number of aromatic nitrogens is 1. The number of fused-ring (bicyclic) bond motifs is 1. The lowest BCUT2D eigenvalue weighted by atomic mass is 10.1. The SMILES string of the molecule is COc1cc2ncc(C#N)c(Nc3c(C)cccc3O)c2cc1OC. The first-order valence-corrected chi connectivity index (χ1v) is 7.59. The molecule has 25 heavy (non-hydrogen) atoms. The zero-order valence-electron chi connectivity index (χ0n) is 14.1. The molecule has 2 aromatic carbocycles. The fraction of sp³-hybridized carbons (Fsp3) is 0.158. The lowest BCUT2D eigenvalue weighted by Crippen LogP contribution is -2.00.